The molecule has 1 rings (SSSR count). The molecule has 3 nitrogen and oxygen atoms in total. The zero-order chi connectivity index (χ0) is 12.1. The number of amides is 1. The van der Waals surface area contributed by atoms with E-state index in [9.17, 15) is 4.79 Å². The highest BCUT2D eigenvalue weighted by Gasteiger charge is 2.26. The summed E-state index contributed by atoms with van der Waals surface area (Å²) in [6.45, 7) is 9.12. The normalized spacial score (nSPS) is 27.9. The third kappa shape index (κ3) is 3.48. The lowest BCUT2D eigenvalue weighted by Crippen LogP contribution is -2.43. The van der Waals surface area contributed by atoms with Crippen molar-refractivity contribution < 1.29 is 4.79 Å². The van der Waals surface area contributed by atoms with Crippen LogP contribution >= 0.6 is 0 Å². The van der Waals surface area contributed by atoms with Crippen LogP contribution in [-0.2, 0) is 4.79 Å². The second-order valence-electron chi connectivity index (χ2n) is 5.30. The molecule has 3 unspecified atom stereocenters. The van der Waals surface area contributed by atoms with Crippen molar-refractivity contribution in [3.05, 3.63) is 0 Å². The molecule has 0 aromatic carbocycles. The van der Waals surface area contributed by atoms with Crippen molar-refractivity contribution in [2.75, 3.05) is 19.6 Å². The lowest BCUT2D eigenvalue weighted by Gasteiger charge is -2.36. The van der Waals surface area contributed by atoms with E-state index in [1.165, 1.54) is 0 Å². The van der Waals surface area contributed by atoms with E-state index >= 15 is 0 Å². The fourth-order valence-electron chi connectivity index (χ4n) is 2.26. The molecule has 2 N–H and O–H groups in total. The summed E-state index contributed by atoms with van der Waals surface area (Å²) in [4.78, 5) is 14.1. The number of carbonyl (C=O) groups is 1. The van der Waals surface area contributed by atoms with Gasteiger partial charge in [-0.2, -0.15) is 0 Å². The third-order valence-electron chi connectivity index (χ3n) is 4.06. The molecule has 0 spiro atoms. The first-order valence-electron chi connectivity index (χ1n) is 6.56. The van der Waals surface area contributed by atoms with Crippen LogP contribution < -0.4 is 5.73 Å². The van der Waals surface area contributed by atoms with Crippen LogP contribution in [0.2, 0.25) is 0 Å². The summed E-state index contributed by atoms with van der Waals surface area (Å²) in [5.74, 6) is 2.05. The number of hydrogen-bond donors (Lipinski definition) is 1. The van der Waals surface area contributed by atoms with E-state index in [4.69, 9.17) is 5.73 Å². The highest BCUT2D eigenvalue weighted by atomic mass is 16.2. The molecule has 0 saturated carbocycles. The van der Waals surface area contributed by atoms with Crippen molar-refractivity contribution in [1.82, 2.24) is 4.90 Å². The molecule has 3 heteroatoms. The minimum Gasteiger partial charge on any atom is -0.342 e. The van der Waals surface area contributed by atoms with Crippen LogP contribution in [0.4, 0.5) is 0 Å². The quantitative estimate of drug-likeness (QED) is 0.795. The second-order valence-corrected chi connectivity index (χ2v) is 5.30. The fraction of sp³-hybridized carbons (Fsp3) is 0.923. The second kappa shape index (κ2) is 6.24. The highest BCUT2D eigenvalue weighted by molar-refractivity contribution is 5.76. The van der Waals surface area contributed by atoms with Crippen LogP contribution in [0.25, 0.3) is 0 Å². The van der Waals surface area contributed by atoms with E-state index in [1.807, 2.05) is 4.90 Å². The lowest BCUT2D eigenvalue weighted by atomic mass is 9.88. The van der Waals surface area contributed by atoms with Gasteiger partial charge < -0.3 is 10.6 Å². The van der Waals surface area contributed by atoms with E-state index < -0.39 is 0 Å². The summed E-state index contributed by atoms with van der Waals surface area (Å²) in [5.41, 5.74) is 5.64. The number of likely N-dealkylation sites (tertiary alicyclic amines) is 1. The van der Waals surface area contributed by atoms with Gasteiger partial charge in [-0.25, -0.2) is 0 Å². The monoisotopic (exact) mass is 226 g/mol. The molecule has 0 bridgehead atoms. The predicted octanol–water partition coefficient (Wildman–Crippen LogP) is 1.87. The van der Waals surface area contributed by atoms with E-state index in [1.54, 1.807) is 0 Å². The van der Waals surface area contributed by atoms with Gasteiger partial charge in [0.1, 0.15) is 0 Å². The Morgan fingerprint density at radius 1 is 1.44 bits per heavy atom. The van der Waals surface area contributed by atoms with Gasteiger partial charge in [0.2, 0.25) is 5.91 Å². The number of piperidine rings is 1. The first-order chi connectivity index (χ1) is 7.58. The number of nitrogens with zero attached hydrogens (tertiary/aromatic N) is 1. The molecule has 1 aliphatic heterocycles. The third-order valence-corrected chi connectivity index (χ3v) is 4.06. The molecule has 1 saturated heterocycles. The first-order valence-corrected chi connectivity index (χ1v) is 6.56. The Balaban J connectivity index is 2.42. The Kier molecular flexibility index (Phi) is 5.26. The van der Waals surface area contributed by atoms with Crippen molar-refractivity contribution in [1.29, 1.82) is 0 Å². The smallest absolute Gasteiger partial charge is 0.222 e. The van der Waals surface area contributed by atoms with Crippen molar-refractivity contribution in [3.63, 3.8) is 0 Å². The molecule has 94 valence electrons. The Morgan fingerprint density at radius 2 is 2.12 bits per heavy atom. The molecule has 0 aliphatic carbocycles. The summed E-state index contributed by atoms with van der Waals surface area (Å²) in [5, 5.41) is 0. The zero-order valence-corrected chi connectivity index (χ0v) is 10.9. The Bertz CT molecular complexity index is 226. The summed E-state index contributed by atoms with van der Waals surface area (Å²) in [6, 6.07) is 0. The summed E-state index contributed by atoms with van der Waals surface area (Å²) < 4.78 is 0. The fourth-order valence-corrected chi connectivity index (χ4v) is 2.26. The number of rotatable bonds is 4. The van der Waals surface area contributed by atoms with Gasteiger partial charge in [-0.15, -0.1) is 0 Å². The Hall–Kier alpha value is -0.570. The van der Waals surface area contributed by atoms with Gasteiger partial charge in [-0.05, 0) is 30.7 Å². The standard InChI is InChI=1S/C13H26N2O/c1-4-12(8-14)7-13(16)15-6-5-10(2)11(3)9-15/h10-12H,4-9,14H2,1-3H3. The molecular weight excluding hydrogens is 200 g/mol. The van der Waals surface area contributed by atoms with E-state index in [0.717, 1.165) is 31.8 Å². The Labute approximate surface area is 99.4 Å². The maximum Gasteiger partial charge on any atom is 0.222 e. The molecule has 0 aromatic rings. The lowest BCUT2D eigenvalue weighted by molar-refractivity contribution is -0.134. The largest absolute Gasteiger partial charge is 0.342 e. The van der Waals surface area contributed by atoms with Crippen molar-refractivity contribution >= 4 is 5.91 Å². The van der Waals surface area contributed by atoms with Crippen LogP contribution in [0.1, 0.15) is 40.0 Å². The summed E-state index contributed by atoms with van der Waals surface area (Å²) in [6.07, 6.45) is 2.78. The maximum atomic E-state index is 12.0. The van der Waals surface area contributed by atoms with Gasteiger partial charge in [0, 0.05) is 19.5 Å². The molecule has 0 aromatic heterocycles. The molecule has 1 heterocycles. The van der Waals surface area contributed by atoms with Gasteiger partial charge in [0.15, 0.2) is 0 Å². The van der Waals surface area contributed by atoms with Crippen molar-refractivity contribution in [2.24, 2.45) is 23.5 Å². The van der Waals surface area contributed by atoms with E-state index in [2.05, 4.69) is 20.8 Å². The van der Waals surface area contributed by atoms with Crippen LogP contribution in [0.15, 0.2) is 0 Å². The van der Waals surface area contributed by atoms with Crippen molar-refractivity contribution in [2.45, 2.75) is 40.0 Å². The SMILES string of the molecule is CCC(CN)CC(=O)N1CCC(C)C(C)C1. The predicted molar refractivity (Wildman–Crippen MR) is 67.0 cm³/mol. The van der Waals surface area contributed by atoms with Gasteiger partial charge in [-0.1, -0.05) is 27.2 Å². The first kappa shape index (κ1) is 13.5. The Morgan fingerprint density at radius 3 is 2.62 bits per heavy atom. The van der Waals surface area contributed by atoms with Crippen LogP contribution in [0, 0.1) is 17.8 Å². The minimum absolute atomic E-state index is 0.302. The zero-order valence-electron chi connectivity index (χ0n) is 10.9. The molecule has 1 fully saturated rings. The highest BCUT2D eigenvalue weighted by Crippen LogP contribution is 2.23. The molecular formula is C13H26N2O. The number of nitrogens with two attached hydrogens (primary N) is 1. The van der Waals surface area contributed by atoms with E-state index in [0.29, 0.717) is 30.7 Å². The van der Waals surface area contributed by atoms with Gasteiger partial charge >= 0.3 is 0 Å². The van der Waals surface area contributed by atoms with Gasteiger partial charge in [-0.3, -0.25) is 4.79 Å². The van der Waals surface area contributed by atoms with Crippen LogP contribution in [-0.4, -0.2) is 30.4 Å². The van der Waals surface area contributed by atoms with Gasteiger partial charge in [0.05, 0.1) is 0 Å². The molecule has 3 atom stereocenters. The van der Waals surface area contributed by atoms with Gasteiger partial charge in [0.25, 0.3) is 0 Å². The molecule has 0 radical (unpaired) electrons. The summed E-state index contributed by atoms with van der Waals surface area (Å²) in [7, 11) is 0. The van der Waals surface area contributed by atoms with Crippen molar-refractivity contribution in [3.8, 4) is 0 Å². The molecule has 1 aliphatic rings. The average Bonchev–Trinajstić information content (AvgIpc) is 2.29. The van der Waals surface area contributed by atoms with Crippen LogP contribution in [0.5, 0.6) is 0 Å². The van der Waals surface area contributed by atoms with E-state index in [-0.39, 0.29) is 0 Å². The average molecular weight is 226 g/mol. The maximum absolute atomic E-state index is 12.0. The topological polar surface area (TPSA) is 46.3 Å². The summed E-state index contributed by atoms with van der Waals surface area (Å²) >= 11 is 0. The molecule has 16 heavy (non-hydrogen) atoms. The minimum atomic E-state index is 0.302. The molecule has 1 amide bonds. The van der Waals surface area contributed by atoms with Crippen LogP contribution in [0.3, 0.4) is 0 Å². The number of carbonyl (C=O) groups excluding carboxylic acids is 1. The number of hydrogen-bond acceptors (Lipinski definition) is 2.